The third kappa shape index (κ3) is 8.85. The molecule has 0 aromatic carbocycles. The summed E-state index contributed by atoms with van der Waals surface area (Å²) >= 11 is 0. The summed E-state index contributed by atoms with van der Waals surface area (Å²) in [6, 6.07) is 0. The zero-order valence-electron chi connectivity index (χ0n) is 2.08. The Labute approximate surface area is 88.3 Å². The topological polar surface area (TPSA) is 0 Å². The molecule has 2 radical (unpaired) electrons. The summed E-state index contributed by atoms with van der Waals surface area (Å²) in [5.74, 6) is 0. The molecule has 0 aliphatic heterocycles. The Morgan fingerprint density at radius 2 is 0.750 bits per heavy atom. The second-order valence-corrected chi connectivity index (χ2v) is 0. The monoisotopic (exact) mass is 346 g/mol. The van der Waals surface area contributed by atoms with E-state index in [4.69, 9.17) is 0 Å². The first-order valence-electron chi connectivity index (χ1n) is 0.500. The SMILES string of the molecule is C=C.[Tb].[Tb]. The molecule has 2 heteroatoms. The van der Waals surface area contributed by atoms with Crippen LogP contribution in [0.25, 0.3) is 0 Å². The van der Waals surface area contributed by atoms with E-state index in [1.54, 1.807) is 0 Å². The zero-order valence-corrected chi connectivity index (χ0v) is 6.36. The van der Waals surface area contributed by atoms with Crippen molar-refractivity contribution in [1.29, 1.82) is 0 Å². The van der Waals surface area contributed by atoms with Crippen molar-refractivity contribution in [2.24, 2.45) is 0 Å². The molecule has 0 rings (SSSR count). The van der Waals surface area contributed by atoms with Gasteiger partial charge in [-0.15, -0.1) is 13.2 Å². The summed E-state index contributed by atoms with van der Waals surface area (Å²) in [5, 5.41) is 0. The molecule has 0 atom stereocenters. The summed E-state index contributed by atoms with van der Waals surface area (Å²) < 4.78 is 0. The van der Waals surface area contributed by atoms with Crippen LogP contribution in [0.3, 0.4) is 0 Å². The Bertz CT molecular complexity index is 4.00. The van der Waals surface area contributed by atoms with E-state index in [9.17, 15) is 0 Å². The Balaban J connectivity index is -0.00000000500. The third-order valence-electron chi connectivity index (χ3n) is 0. The molecule has 0 bridgehead atoms. The molecular weight excluding hydrogens is 342 g/mol. The Morgan fingerprint density at radius 3 is 0.750 bits per heavy atom. The largest absolute Gasteiger partial charge is 0.106 e. The van der Waals surface area contributed by atoms with Crippen molar-refractivity contribution >= 4 is 0 Å². The molecule has 0 aliphatic carbocycles. The van der Waals surface area contributed by atoms with E-state index in [2.05, 4.69) is 13.2 Å². The van der Waals surface area contributed by atoms with Gasteiger partial charge < -0.3 is 0 Å². The van der Waals surface area contributed by atoms with Crippen molar-refractivity contribution in [2.45, 2.75) is 0 Å². The first kappa shape index (κ1) is 16.2. The van der Waals surface area contributed by atoms with E-state index < -0.39 is 0 Å². The smallest absolute Gasteiger partial charge is 0 e. The van der Waals surface area contributed by atoms with E-state index in [0.717, 1.165) is 0 Å². The van der Waals surface area contributed by atoms with Crippen molar-refractivity contribution < 1.29 is 77.2 Å². The van der Waals surface area contributed by atoms with Crippen molar-refractivity contribution in [3.63, 3.8) is 0 Å². The Kier molecular flexibility index (Phi) is 75.0. The van der Waals surface area contributed by atoms with Crippen LogP contribution in [-0.4, -0.2) is 0 Å². The number of hydrogen-bond donors (Lipinski definition) is 0. The van der Waals surface area contributed by atoms with Gasteiger partial charge in [0, 0.05) is 77.2 Å². The van der Waals surface area contributed by atoms with Gasteiger partial charge in [-0.05, 0) is 0 Å². The first-order valence-corrected chi connectivity index (χ1v) is 0.500. The van der Waals surface area contributed by atoms with Gasteiger partial charge in [0.05, 0.1) is 0 Å². The standard InChI is InChI=1S/C2H4.2Tb/c1-2;;/h1-2H2;;. The summed E-state index contributed by atoms with van der Waals surface area (Å²) in [7, 11) is 0. The predicted octanol–water partition coefficient (Wildman–Crippen LogP) is 0.802. The molecule has 0 saturated carbocycles. The molecule has 0 heterocycles. The van der Waals surface area contributed by atoms with Gasteiger partial charge in [-0.2, -0.15) is 0 Å². The molecule has 0 aliphatic rings. The van der Waals surface area contributed by atoms with Crippen LogP contribution in [0.1, 0.15) is 0 Å². The van der Waals surface area contributed by atoms with Gasteiger partial charge in [0.25, 0.3) is 0 Å². The van der Waals surface area contributed by atoms with Crippen molar-refractivity contribution in [2.75, 3.05) is 0 Å². The maximum absolute atomic E-state index is 3.00. The molecule has 0 spiro atoms. The van der Waals surface area contributed by atoms with Crippen LogP contribution in [0, 0.1) is 77.2 Å². The van der Waals surface area contributed by atoms with Gasteiger partial charge >= 0.3 is 0 Å². The molecule has 0 fully saturated rings. The van der Waals surface area contributed by atoms with Gasteiger partial charge in [0.1, 0.15) is 0 Å². The van der Waals surface area contributed by atoms with Crippen LogP contribution in [0.2, 0.25) is 0 Å². The molecule has 4 heavy (non-hydrogen) atoms. The van der Waals surface area contributed by atoms with Gasteiger partial charge in [-0.3, -0.25) is 0 Å². The first-order chi connectivity index (χ1) is 1.00. The minimum atomic E-state index is 0. The van der Waals surface area contributed by atoms with Crippen LogP contribution in [0.5, 0.6) is 0 Å². The van der Waals surface area contributed by atoms with E-state index in [1.165, 1.54) is 0 Å². The van der Waals surface area contributed by atoms with Crippen LogP contribution < -0.4 is 0 Å². The fourth-order valence-electron chi connectivity index (χ4n) is 0. The maximum Gasteiger partial charge on any atom is 0 e. The second kappa shape index (κ2) is 18.5. The molecule has 0 aromatic rings. The Morgan fingerprint density at radius 1 is 0.750 bits per heavy atom. The molecule has 30 valence electrons. The van der Waals surface area contributed by atoms with E-state index in [-0.39, 0.29) is 77.2 Å². The van der Waals surface area contributed by atoms with Crippen LogP contribution in [0.15, 0.2) is 13.2 Å². The molecular formula is C2H4Tb2. The quantitative estimate of drug-likeness (QED) is 0.570. The van der Waals surface area contributed by atoms with Gasteiger partial charge in [-0.25, -0.2) is 0 Å². The fourth-order valence-corrected chi connectivity index (χ4v) is 0. The van der Waals surface area contributed by atoms with Crippen molar-refractivity contribution in [1.82, 2.24) is 0 Å². The van der Waals surface area contributed by atoms with Crippen LogP contribution in [0.4, 0.5) is 0 Å². The van der Waals surface area contributed by atoms with Crippen LogP contribution in [-0.2, 0) is 0 Å². The minimum Gasteiger partial charge on any atom is -0.106 e. The predicted molar refractivity (Wildman–Crippen MR) is 11.3 cm³/mol. The second-order valence-electron chi connectivity index (χ2n) is 0. The average molecular weight is 346 g/mol. The summed E-state index contributed by atoms with van der Waals surface area (Å²) in [5.41, 5.74) is 0. The fraction of sp³-hybridized carbons (Fsp3) is 0. The number of hydrogen-bond acceptors (Lipinski definition) is 0. The summed E-state index contributed by atoms with van der Waals surface area (Å²) in [4.78, 5) is 0. The van der Waals surface area contributed by atoms with Gasteiger partial charge in [0.2, 0.25) is 0 Å². The van der Waals surface area contributed by atoms with Crippen molar-refractivity contribution in [3.05, 3.63) is 13.2 Å². The summed E-state index contributed by atoms with van der Waals surface area (Å²) in [6.45, 7) is 6.00. The average Bonchev–Trinajstić information content (AvgIpc) is 1.00. The maximum atomic E-state index is 3.00. The molecule has 0 N–H and O–H groups in total. The molecule has 0 unspecified atom stereocenters. The molecule has 0 aromatic heterocycles. The van der Waals surface area contributed by atoms with Crippen LogP contribution >= 0.6 is 0 Å². The minimum absolute atomic E-state index is 0. The molecule has 0 saturated heterocycles. The van der Waals surface area contributed by atoms with Gasteiger partial charge in [0.15, 0.2) is 0 Å². The van der Waals surface area contributed by atoms with E-state index in [1.807, 2.05) is 0 Å². The van der Waals surface area contributed by atoms with Crippen molar-refractivity contribution in [3.8, 4) is 0 Å². The third-order valence-corrected chi connectivity index (χ3v) is 0. The molecule has 0 nitrogen and oxygen atoms in total. The Hall–Kier alpha value is 2.31. The summed E-state index contributed by atoms with van der Waals surface area (Å²) in [6.07, 6.45) is 0. The van der Waals surface area contributed by atoms with E-state index in [0.29, 0.717) is 0 Å². The number of rotatable bonds is 0. The molecule has 0 amide bonds. The normalized spacial score (nSPS) is 1.00. The zero-order chi connectivity index (χ0) is 2.00. The van der Waals surface area contributed by atoms with E-state index >= 15 is 0 Å². The van der Waals surface area contributed by atoms with Gasteiger partial charge in [-0.1, -0.05) is 0 Å².